The van der Waals surface area contributed by atoms with Crippen molar-refractivity contribution in [3.05, 3.63) is 50.7 Å². The highest BCUT2D eigenvalue weighted by molar-refractivity contribution is 7.10. The molecule has 1 aromatic carbocycles. The molecule has 1 heterocycles. The Morgan fingerprint density at radius 1 is 1.47 bits per heavy atom. The number of benzene rings is 1. The second-order valence-corrected chi connectivity index (χ2v) is 5.08. The van der Waals surface area contributed by atoms with Crippen LogP contribution < -0.4 is 5.32 Å². The molecule has 0 radical (unpaired) electrons. The molecule has 2 nitrogen and oxygen atoms in total. The number of nitrogens with one attached hydrogen (secondary N) is 1. The molecule has 4 heteroatoms. The zero-order valence-corrected chi connectivity index (χ0v) is 10.9. The van der Waals surface area contributed by atoms with Crippen LogP contribution in [0.4, 0.5) is 5.69 Å². The van der Waals surface area contributed by atoms with Crippen LogP contribution in [0.1, 0.15) is 16.0 Å². The molecular weight excluding hydrogens is 252 g/mol. The van der Waals surface area contributed by atoms with Gasteiger partial charge in [-0.1, -0.05) is 17.7 Å². The van der Waals surface area contributed by atoms with Gasteiger partial charge in [-0.05, 0) is 30.7 Å². The predicted octanol–water partition coefficient (Wildman–Crippen LogP) is 4.19. The van der Waals surface area contributed by atoms with Gasteiger partial charge in [0.1, 0.15) is 6.07 Å². The lowest BCUT2D eigenvalue weighted by molar-refractivity contribution is 1.18. The molecule has 0 saturated carbocycles. The number of halogens is 1. The van der Waals surface area contributed by atoms with Crippen molar-refractivity contribution in [1.29, 1.82) is 5.26 Å². The number of hydrogen-bond acceptors (Lipinski definition) is 3. The fourth-order valence-electron chi connectivity index (χ4n) is 1.51. The molecule has 17 heavy (non-hydrogen) atoms. The van der Waals surface area contributed by atoms with E-state index in [1.165, 1.54) is 0 Å². The van der Waals surface area contributed by atoms with Crippen molar-refractivity contribution >= 4 is 28.6 Å². The van der Waals surface area contributed by atoms with Crippen molar-refractivity contribution in [1.82, 2.24) is 0 Å². The van der Waals surface area contributed by atoms with E-state index in [9.17, 15) is 0 Å². The van der Waals surface area contributed by atoms with Crippen molar-refractivity contribution in [2.24, 2.45) is 0 Å². The fourth-order valence-corrected chi connectivity index (χ4v) is 2.44. The summed E-state index contributed by atoms with van der Waals surface area (Å²) in [6, 6.07) is 9.83. The van der Waals surface area contributed by atoms with Crippen LogP contribution in [0.5, 0.6) is 0 Å². The molecule has 0 atom stereocenters. The summed E-state index contributed by atoms with van der Waals surface area (Å²) in [5, 5.41) is 14.7. The number of thiophene rings is 1. The van der Waals surface area contributed by atoms with Gasteiger partial charge in [0.05, 0.1) is 5.56 Å². The van der Waals surface area contributed by atoms with Crippen molar-refractivity contribution in [2.75, 3.05) is 5.32 Å². The van der Waals surface area contributed by atoms with Crippen LogP contribution in [0.25, 0.3) is 0 Å². The maximum Gasteiger partial charge on any atom is 0.100 e. The number of nitriles is 1. The van der Waals surface area contributed by atoms with Crippen LogP contribution in [-0.4, -0.2) is 0 Å². The minimum absolute atomic E-state index is 0.716. The fraction of sp³-hybridized carbons (Fsp3) is 0.154. The maximum atomic E-state index is 8.74. The molecule has 0 saturated heterocycles. The summed E-state index contributed by atoms with van der Waals surface area (Å²) < 4.78 is 0. The normalized spacial score (nSPS) is 9.94. The maximum absolute atomic E-state index is 8.74. The smallest absolute Gasteiger partial charge is 0.100 e. The first-order valence-corrected chi connectivity index (χ1v) is 6.43. The molecule has 1 aromatic heterocycles. The zero-order valence-electron chi connectivity index (χ0n) is 9.33. The van der Waals surface area contributed by atoms with Gasteiger partial charge in [0.2, 0.25) is 0 Å². The number of nitrogens with zero attached hydrogens (tertiary/aromatic N) is 1. The molecule has 0 bridgehead atoms. The highest BCUT2D eigenvalue weighted by Crippen LogP contribution is 2.24. The number of anilines is 1. The van der Waals surface area contributed by atoms with Gasteiger partial charge in [-0.15, -0.1) is 11.3 Å². The summed E-state index contributed by atoms with van der Waals surface area (Å²) in [6.45, 7) is 2.70. The number of hydrogen-bond donors (Lipinski definition) is 1. The molecule has 0 aliphatic rings. The second kappa shape index (κ2) is 5.22. The van der Waals surface area contributed by atoms with Gasteiger partial charge in [-0.2, -0.15) is 5.26 Å². The Morgan fingerprint density at radius 3 is 3.00 bits per heavy atom. The van der Waals surface area contributed by atoms with Crippen LogP contribution in [0.3, 0.4) is 0 Å². The highest BCUT2D eigenvalue weighted by atomic mass is 35.5. The Bertz CT molecular complexity index is 569. The predicted molar refractivity (Wildman–Crippen MR) is 72.5 cm³/mol. The van der Waals surface area contributed by atoms with Crippen LogP contribution in [-0.2, 0) is 6.54 Å². The Balaban J connectivity index is 2.07. The standard InChI is InChI=1S/C13H11ClN2S/c1-9-12(14)3-2-4-13(9)16-7-11-5-10(6-15)8-17-11/h2-5,8,16H,7H2,1H3. The van der Waals surface area contributed by atoms with Gasteiger partial charge in [0.25, 0.3) is 0 Å². The molecule has 0 spiro atoms. The topological polar surface area (TPSA) is 35.8 Å². The Morgan fingerprint density at radius 2 is 2.29 bits per heavy atom. The van der Waals surface area contributed by atoms with Gasteiger partial charge in [-0.3, -0.25) is 0 Å². The molecule has 0 unspecified atom stereocenters. The largest absolute Gasteiger partial charge is 0.380 e. The third kappa shape index (κ3) is 2.79. The third-order valence-electron chi connectivity index (χ3n) is 2.50. The molecule has 2 aromatic rings. The van der Waals surface area contributed by atoms with Gasteiger partial charge in [-0.25, -0.2) is 0 Å². The SMILES string of the molecule is Cc1c(Cl)cccc1NCc1cc(C#N)cs1. The van der Waals surface area contributed by atoms with Crippen molar-refractivity contribution < 1.29 is 0 Å². The van der Waals surface area contributed by atoms with Gasteiger partial charge in [0.15, 0.2) is 0 Å². The monoisotopic (exact) mass is 262 g/mol. The quantitative estimate of drug-likeness (QED) is 0.900. The third-order valence-corrected chi connectivity index (χ3v) is 3.85. The van der Waals surface area contributed by atoms with E-state index in [1.54, 1.807) is 11.3 Å². The molecule has 2 rings (SSSR count). The van der Waals surface area contributed by atoms with E-state index in [-0.39, 0.29) is 0 Å². The first-order chi connectivity index (χ1) is 8.20. The second-order valence-electron chi connectivity index (χ2n) is 3.68. The number of rotatable bonds is 3. The first-order valence-electron chi connectivity index (χ1n) is 5.17. The molecule has 0 fully saturated rings. The Hall–Kier alpha value is -1.50. The Labute approximate surface area is 109 Å². The van der Waals surface area contributed by atoms with Crippen LogP contribution in [0.15, 0.2) is 29.6 Å². The molecule has 0 aliphatic heterocycles. The minimum atomic E-state index is 0.716. The molecule has 1 N–H and O–H groups in total. The summed E-state index contributed by atoms with van der Waals surface area (Å²) in [5.41, 5.74) is 2.80. The molecule has 0 amide bonds. The molecule has 0 aliphatic carbocycles. The molecule has 86 valence electrons. The average molecular weight is 263 g/mol. The van der Waals surface area contributed by atoms with E-state index in [2.05, 4.69) is 11.4 Å². The summed E-state index contributed by atoms with van der Waals surface area (Å²) in [7, 11) is 0. The lowest BCUT2D eigenvalue weighted by Gasteiger charge is -2.09. The van der Waals surface area contributed by atoms with E-state index in [0.717, 1.165) is 26.7 Å². The van der Waals surface area contributed by atoms with E-state index < -0.39 is 0 Å². The van der Waals surface area contributed by atoms with Gasteiger partial charge in [0, 0.05) is 27.5 Å². The summed E-state index contributed by atoms with van der Waals surface area (Å²) >= 11 is 7.63. The summed E-state index contributed by atoms with van der Waals surface area (Å²) in [5.74, 6) is 0. The van der Waals surface area contributed by atoms with E-state index in [4.69, 9.17) is 16.9 Å². The van der Waals surface area contributed by atoms with E-state index in [1.807, 2.05) is 36.6 Å². The zero-order chi connectivity index (χ0) is 12.3. The minimum Gasteiger partial charge on any atom is -0.380 e. The lowest BCUT2D eigenvalue weighted by Crippen LogP contribution is -1.99. The van der Waals surface area contributed by atoms with Crippen molar-refractivity contribution in [2.45, 2.75) is 13.5 Å². The Kier molecular flexibility index (Phi) is 3.68. The van der Waals surface area contributed by atoms with E-state index in [0.29, 0.717) is 6.54 Å². The van der Waals surface area contributed by atoms with Crippen LogP contribution in [0, 0.1) is 18.3 Å². The highest BCUT2D eigenvalue weighted by Gasteiger charge is 2.03. The van der Waals surface area contributed by atoms with Gasteiger partial charge < -0.3 is 5.32 Å². The first kappa shape index (κ1) is 12.0. The molecular formula is C13H11ClN2S. The average Bonchev–Trinajstić information content (AvgIpc) is 2.79. The van der Waals surface area contributed by atoms with Crippen LogP contribution in [0.2, 0.25) is 5.02 Å². The summed E-state index contributed by atoms with van der Waals surface area (Å²) in [6.07, 6.45) is 0. The van der Waals surface area contributed by atoms with E-state index >= 15 is 0 Å². The van der Waals surface area contributed by atoms with Crippen molar-refractivity contribution in [3.8, 4) is 6.07 Å². The van der Waals surface area contributed by atoms with Gasteiger partial charge >= 0.3 is 0 Å². The summed E-state index contributed by atoms with van der Waals surface area (Å²) in [4.78, 5) is 1.14. The lowest BCUT2D eigenvalue weighted by atomic mass is 10.2. The van der Waals surface area contributed by atoms with Crippen LogP contribution >= 0.6 is 22.9 Å². The van der Waals surface area contributed by atoms with Crippen molar-refractivity contribution in [3.63, 3.8) is 0 Å².